The third-order valence-corrected chi connectivity index (χ3v) is 5.76. The molecule has 27 heavy (non-hydrogen) atoms. The predicted octanol–water partition coefficient (Wildman–Crippen LogP) is 3.56. The molecule has 1 saturated carbocycles. The Labute approximate surface area is 159 Å². The van der Waals surface area contributed by atoms with Gasteiger partial charge in [0.2, 0.25) is 12.7 Å². The van der Waals surface area contributed by atoms with E-state index in [0.29, 0.717) is 18.7 Å². The summed E-state index contributed by atoms with van der Waals surface area (Å²) < 4.78 is 11.0. The number of nitrogens with one attached hydrogen (secondary N) is 1. The highest BCUT2D eigenvalue weighted by Gasteiger charge is 2.35. The van der Waals surface area contributed by atoms with Gasteiger partial charge >= 0.3 is 0 Å². The lowest BCUT2D eigenvalue weighted by molar-refractivity contribution is -0.120. The molecule has 2 aromatic rings. The van der Waals surface area contributed by atoms with Gasteiger partial charge in [-0.05, 0) is 48.2 Å². The Bertz CT molecular complexity index is 811. The van der Waals surface area contributed by atoms with E-state index in [0.717, 1.165) is 29.9 Å². The molecule has 0 atom stereocenters. The number of nitrogen functional groups attached to an aromatic ring is 1. The SMILES string of the molecule is Nc1ccc(CC(=O)NCC2(c3ccc4c(c3)OCO4)CCCCC2)cc1. The van der Waals surface area contributed by atoms with E-state index < -0.39 is 0 Å². The second-order valence-corrected chi connectivity index (χ2v) is 7.60. The number of fused-ring (bicyclic) bond motifs is 1. The summed E-state index contributed by atoms with van der Waals surface area (Å²) >= 11 is 0. The van der Waals surface area contributed by atoms with E-state index in [1.54, 1.807) is 0 Å². The van der Waals surface area contributed by atoms with Gasteiger partial charge in [0.1, 0.15) is 0 Å². The van der Waals surface area contributed by atoms with E-state index in [1.807, 2.05) is 30.3 Å². The van der Waals surface area contributed by atoms with Crippen LogP contribution in [0, 0.1) is 0 Å². The summed E-state index contributed by atoms with van der Waals surface area (Å²) in [4.78, 5) is 12.5. The summed E-state index contributed by atoms with van der Waals surface area (Å²) in [5, 5.41) is 3.18. The molecule has 0 saturated heterocycles. The number of ether oxygens (including phenoxy) is 2. The van der Waals surface area contributed by atoms with Crippen molar-refractivity contribution in [2.24, 2.45) is 0 Å². The molecule has 1 heterocycles. The maximum Gasteiger partial charge on any atom is 0.231 e. The van der Waals surface area contributed by atoms with Crippen LogP contribution in [0.4, 0.5) is 5.69 Å². The lowest BCUT2D eigenvalue weighted by atomic mass is 9.69. The van der Waals surface area contributed by atoms with E-state index in [9.17, 15) is 4.79 Å². The van der Waals surface area contributed by atoms with Crippen molar-refractivity contribution >= 4 is 11.6 Å². The molecule has 2 aromatic carbocycles. The van der Waals surface area contributed by atoms with Crippen molar-refractivity contribution in [1.82, 2.24) is 5.32 Å². The second-order valence-electron chi connectivity index (χ2n) is 7.60. The molecule has 1 amide bonds. The molecule has 142 valence electrons. The van der Waals surface area contributed by atoms with Crippen LogP contribution in [-0.4, -0.2) is 19.2 Å². The van der Waals surface area contributed by atoms with E-state index in [-0.39, 0.29) is 18.1 Å². The Balaban J connectivity index is 1.47. The molecule has 1 fully saturated rings. The fourth-order valence-corrected chi connectivity index (χ4v) is 4.17. The molecular weight excluding hydrogens is 340 g/mol. The maximum absolute atomic E-state index is 12.5. The topological polar surface area (TPSA) is 73.6 Å². The highest BCUT2D eigenvalue weighted by molar-refractivity contribution is 5.78. The van der Waals surface area contributed by atoms with E-state index in [1.165, 1.54) is 24.8 Å². The lowest BCUT2D eigenvalue weighted by Crippen LogP contribution is -2.42. The standard InChI is InChI=1S/C22H26N2O3/c23-18-7-4-16(5-8-18)12-21(25)24-14-22(10-2-1-3-11-22)17-6-9-19-20(13-17)27-15-26-19/h4-9,13H,1-3,10-12,14-15,23H2,(H,24,25). The maximum atomic E-state index is 12.5. The molecule has 5 heteroatoms. The van der Waals surface area contributed by atoms with Gasteiger partial charge < -0.3 is 20.5 Å². The number of benzene rings is 2. The zero-order chi connectivity index (χ0) is 18.7. The number of carbonyl (C=O) groups excluding carboxylic acids is 1. The van der Waals surface area contributed by atoms with Crippen LogP contribution in [0.15, 0.2) is 42.5 Å². The van der Waals surface area contributed by atoms with Crippen molar-refractivity contribution in [1.29, 1.82) is 0 Å². The van der Waals surface area contributed by atoms with Crippen molar-refractivity contribution in [3.63, 3.8) is 0 Å². The normalized spacial score (nSPS) is 17.5. The van der Waals surface area contributed by atoms with Crippen LogP contribution < -0.4 is 20.5 Å². The van der Waals surface area contributed by atoms with Gasteiger partial charge in [0, 0.05) is 17.6 Å². The van der Waals surface area contributed by atoms with Gasteiger partial charge in [-0.25, -0.2) is 0 Å². The first-order chi connectivity index (χ1) is 13.1. The molecule has 1 aliphatic carbocycles. The van der Waals surface area contributed by atoms with Crippen LogP contribution in [0.25, 0.3) is 0 Å². The minimum absolute atomic E-state index is 0.0317. The third-order valence-electron chi connectivity index (χ3n) is 5.76. The Hall–Kier alpha value is -2.69. The first-order valence-electron chi connectivity index (χ1n) is 9.66. The fourth-order valence-electron chi connectivity index (χ4n) is 4.17. The van der Waals surface area contributed by atoms with Crippen LogP contribution in [0.5, 0.6) is 11.5 Å². The van der Waals surface area contributed by atoms with Gasteiger partial charge in [-0.3, -0.25) is 4.79 Å². The zero-order valence-electron chi connectivity index (χ0n) is 15.5. The Morgan fingerprint density at radius 2 is 1.74 bits per heavy atom. The van der Waals surface area contributed by atoms with Crippen molar-refractivity contribution in [2.75, 3.05) is 19.1 Å². The first-order valence-corrected chi connectivity index (χ1v) is 9.66. The molecule has 0 spiro atoms. The Morgan fingerprint density at radius 3 is 2.52 bits per heavy atom. The molecule has 5 nitrogen and oxygen atoms in total. The monoisotopic (exact) mass is 366 g/mol. The Morgan fingerprint density at radius 1 is 1.00 bits per heavy atom. The van der Waals surface area contributed by atoms with Gasteiger partial charge in [0.25, 0.3) is 0 Å². The number of rotatable bonds is 5. The van der Waals surface area contributed by atoms with Crippen molar-refractivity contribution in [3.8, 4) is 11.5 Å². The molecular formula is C22H26N2O3. The highest BCUT2D eigenvalue weighted by atomic mass is 16.7. The van der Waals surface area contributed by atoms with Crippen molar-refractivity contribution in [3.05, 3.63) is 53.6 Å². The number of hydrogen-bond donors (Lipinski definition) is 2. The summed E-state index contributed by atoms with van der Waals surface area (Å²) in [6.45, 7) is 0.935. The molecule has 0 unspecified atom stereocenters. The molecule has 0 aromatic heterocycles. The van der Waals surface area contributed by atoms with E-state index in [4.69, 9.17) is 15.2 Å². The number of hydrogen-bond acceptors (Lipinski definition) is 4. The van der Waals surface area contributed by atoms with Crippen LogP contribution in [-0.2, 0) is 16.6 Å². The lowest BCUT2D eigenvalue weighted by Gasteiger charge is -2.38. The third kappa shape index (κ3) is 3.87. The van der Waals surface area contributed by atoms with Gasteiger partial charge in [0.15, 0.2) is 11.5 Å². The fraction of sp³-hybridized carbons (Fsp3) is 0.409. The largest absolute Gasteiger partial charge is 0.454 e. The predicted molar refractivity (Wildman–Crippen MR) is 105 cm³/mol. The number of nitrogens with two attached hydrogens (primary N) is 1. The summed E-state index contributed by atoms with van der Waals surface area (Å²) in [7, 11) is 0. The van der Waals surface area contributed by atoms with Crippen LogP contribution in [0.1, 0.15) is 43.2 Å². The van der Waals surface area contributed by atoms with E-state index >= 15 is 0 Å². The minimum atomic E-state index is -0.0317. The van der Waals surface area contributed by atoms with Gasteiger partial charge in [-0.1, -0.05) is 37.5 Å². The van der Waals surface area contributed by atoms with Gasteiger partial charge in [-0.15, -0.1) is 0 Å². The van der Waals surface area contributed by atoms with Gasteiger partial charge in [0.05, 0.1) is 6.42 Å². The summed E-state index contributed by atoms with van der Waals surface area (Å²) in [6.07, 6.45) is 6.15. The average Bonchev–Trinajstić information content (AvgIpc) is 3.17. The summed E-state index contributed by atoms with van der Waals surface area (Å²) in [6, 6.07) is 13.7. The van der Waals surface area contributed by atoms with Crippen LogP contribution in [0.3, 0.4) is 0 Å². The number of anilines is 1. The Kier molecular flexibility index (Phi) is 4.92. The van der Waals surface area contributed by atoms with Crippen LogP contribution in [0.2, 0.25) is 0 Å². The zero-order valence-corrected chi connectivity index (χ0v) is 15.5. The molecule has 0 bridgehead atoms. The van der Waals surface area contributed by atoms with Gasteiger partial charge in [-0.2, -0.15) is 0 Å². The molecule has 0 radical (unpaired) electrons. The number of amides is 1. The van der Waals surface area contributed by atoms with Crippen LogP contribution >= 0.6 is 0 Å². The summed E-state index contributed by atoms with van der Waals surface area (Å²) in [5.74, 6) is 1.66. The average molecular weight is 366 g/mol. The molecule has 4 rings (SSSR count). The summed E-state index contributed by atoms with van der Waals surface area (Å²) in [5.41, 5.74) is 8.60. The highest BCUT2D eigenvalue weighted by Crippen LogP contribution is 2.43. The quantitative estimate of drug-likeness (QED) is 0.794. The minimum Gasteiger partial charge on any atom is -0.454 e. The first kappa shape index (κ1) is 17.7. The number of carbonyl (C=O) groups is 1. The molecule has 2 aliphatic rings. The second kappa shape index (κ2) is 7.51. The molecule has 3 N–H and O–H groups in total. The van der Waals surface area contributed by atoms with Crippen molar-refractivity contribution < 1.29 is 14.3 Å². The van der Waals surface area contributed by atoms with E-state index in [2.05, 4.69) is 17.4 Å². The molecule has 1 aliphatic heterocycles. The smallest absolute Gasteiger partial charge is 0.231 e. The van der Waals surface area contributed by atoms with Crippen molar-refractivity contribution in [2.45, 2.75) is 43.9 Å².